The summed E-state index contributed by atoms with van der Waals surface area (Å²) in [6.07, 6.45) is -4.03. The molecule has 0 unspecified atom stereocenters. The Morgan fingerprint density at radius 2 is 1.86 bits per heavy atom. The average Bonchev–Trinajstić information content (AvgIpc) is 2.65. The van der Waals surface area contributed by atoms with Crippen molar-refractivity contribution in [1.29, 1.82) is 0 Å². The Morgan fingerprint density at radius 1 is 1.18 bits per heavy atom. The Kier molecular flexibility index (Phi) is 5.42. The summed E-state index contributed by atoms with van der Waals surface area (Å²) in [7, 11) is 0. The number of aryl methyl sites for hydroxylation is 1. The van der Waals surface area contributed by atoms with E-state index in [2.05, 4.69) is 10.4 Å². The third-order valence-corrected chi connectivity index (χ3v) is 4.38. The Labute approximate surface area is 162 Å². The summed E-state index contributed by atoms with van der Waals surface area (Å²) in [4.78, 5) is 25.2. The monoisotopic (exact) mass is 409 g/mol. The highest BCUT2D eigenvalue weighted by Gasteiger charge is 2.33. The second kappa shape index (κ2) is 7.63. The van der Waals surface area contributed by atoms with E-state index in [0.717, 1.165) is 12.1 Å². The van der Waals surface area contributed by atoms with Crippen LogP contribution in [0.4, 0.5) is 18.9 Å². The first kappa shape index (κ1) is 19.9. The van der Waals surface area contributed by atoms with Crippen LogP contribution in [0.25, 0.3) is 10.8 Å². The highest BCUT2D eigenvalue weighted by molar-refractivity contribution is 6.31. The first-order valence-corrected chi connectivity index (χ1v) is 8.78. The summed E-state index contributed by atoms with van der Waals surface area (Å²) in [5.74, 6) is -0.725. The van der Waals surface area contributed by atoms with Gasteiger partial charge in [-0.05, 0) is 30.7 Å². The van der Waals surface area contributed by atoms with Gasteiger partial charge in [0.25, 0.3) is 11.5 Å². The molecule has 0 bridgehead atoms. The van der Waals surface area contributed by atoms with E-state index in [1.54, 1.807) is 24.3 Å². The Bertz CT molecular complexity index is 1110. The molecule has 3 rings (SSSR count). The van der Waals surface area contributed by atoms with Crippen LogP contribution in [0.1, 0.15) is 29.4 Å². The summed E-state index contributed by atoms with van der Waals surface area (Å²) < 4.78 is 40.3. The standard InChI is InChI=1S/C19H15ClF3N3O2/c1-2-9-26-18(28)13-6-4-3-5-12(13)16(25-26)17(27)24-11-7-8-15(20)14(10-11)19(21,22)23/h3-8,10H,2,9H2,1H3,(H,24,27). The molecule has 0 saturated heterocycles. The van der Waals surface area contributed by atoms with E-state index >= 15 is 0 Å². The van der Waals surface area contributed by atoms with Crippen molar-refractivity contribution in [2.45, 2.75) is 26.1 Å². The van der Waals surface area contributed by atoms with Gasteiger partial charge in [0, 0.05) is 17.6 Å². The molecule has 0 saturated carbocycles. The molecule has 2 aromatic carbocycles. The zero-order valence-corrected chi connectivity index (χ0v) is 15.4. The molecule has 9 heteroatoms. The number of rotatable bonds is 4. The number of alkyl halides is 3. The van der Waals surface area contributed by atoms with E-state index in [1.807, 2.05) is 6.92 Å². The zero-order valence-electron chi connectivity index (χ0n) is 14.7. The van der Waals surface area contributed by atoms with Crippen molar-refractivity contribution < 1.29 is 18.0 Å². The molecule has 0 aliphatic heterocycles. The molecule has 0 spiro atoms. The van der Waals surface area contributed by atoms with Crippen molar-refractivity contribution in [2.75, 3.05) is 5.32 Å². The number of nitrogens with one attached hydrogen (secondary N) is 1. The van der Waals surface area contributed by atoms with Crippen LogP contribution in [-0.4, -0.2) is 15.7 Å². The second-order valence-electron chi connectivity index (χ2n) is 6.07. The Hall–Kier alpha value is -2.87. The fourth-order valence-corrected chi connectivity index (χ4v) is 3.00. The van der Waals surface area contributed by atoms with E-state index in [-0.39, 0.29) is 16.9 Å². The van der Waals surface area contributed by atoms with Crippen molar-refractivity contribution in [3.63, 3.8) is 0 Å². The number of aromatic nitrogens is 2. The van der Waals surface area contributed by atoms with Crippen molar-refractivity contribution in [3.05, 3.63) is 69.1 Å². The SMILES string of the molecule is CCCn1nc(C(=O)Nc2ccc(Cl)c(C(F)(F)F)c2)c2ccccc2c1=O. The molecule has 146 valence electrons. The molecule has 1 N–H and O–H groups in total. The van der Waals surface area contributed by atoms with E-state index in [1.165, 1.54) is 10.7 Å². The van der Waals surface area contributed by atoms with Gasteiger partial charge in [-0.25, -0.2) is 4.68 Å². The summed E-state index contributed by atoms with van der Waals surface area (Å²) in [5.41, 5.74) is -1.52. The number of halogens is 4. The molecule has 5 nitrogen and oxygen atoms in total. The lowest BCUT2D eigenvalue weighted by molar-refractivity contribution is -0.137. The molecule has 0 fully saturated rings. The van der Waals surface area contributed by atoms with Crippen LogP contribution in [0.3, 0.4) is 0 Å². The smallest absolute Gasteiger partial charge is 0.321 e. The molecule has 3 aromatic rings. The van der Waals surface area contributed by atoms with Crippen molar-refractivity contribution in [3.8, 4) is 0 Å². The lowest BCUT2D eigenvalue weighted by Gasteiger charge is -2.13. The minimum Gasteiger partial charge on any atom is -0.321 e. The van der Waals surface area contributed by atoms with Gasteiger partial charge in [-0.3, -0.25) is 9.59 Å². The van der Waals surface area contributed by atoms with Crippen molar-refractivity contribution in [1.82, 2.24) is 9.78 Å². The fourth-order valence-electron chi connectivity index (χ4n) is 2.78. The number of hydrogen-bond donors (Lipinski definition) is 1. The lowest BCUT2D eigenvalue weighted by atomic mass is 10.1. The minimum absolute atomic E-state index is 0.0489. The minimum atomic E-state index is -4.66. The van der Waals surface area contributed by atoms with Crippen LogP contribution in [0, 0.1) is 0 Å². The van der Waals surface area contributed by atoms with Crippen LogP contribution >= 0.6 is 11.6 Å². The topological polar surface area (TPSA) is 64.0 Å². The first-order valence-electron chi connectivity index (χ1n) is 8.40. The molecule has 1 amide bonds. The number of benzene rings is 2. The Morgan fingerprint density at radius 3 is 2.50 bits per heavy atom. The fraction of sp³-hybridized carbons (Fsp3) is 0.211. The lowest BCUT2D eigenvalue weighted by Crippen LogP contribution is -2.27. The number of hydrogen-bond acceptors (Lipinski definition) is 3. The molecule has 0 atom stereocenters. The third-order valence-electron chi connectivity index (χ3n) is 4.05. The maximum Gasteiger partial charge on any atom is 0.417 e. The van der Waals surface area contributed by atoms with Gasteiger partial charge in [0.15, 0.2) is 5.69 Å². The summed E-state index contributed by atoms with van der Waals surface area (Å²) in [6.45, 7) is 2.17. The van der Waals surface area contributed by atoms with Crippen LogP contribution in [-0.2, 0) is 12.7 Å². The van der Waals surface area contributed by atoms with Gasteiger partial charge in [-0.2, -0.15) is 18.3 Å². The third kappa shape index (κ3) is 3.87. The summed E-state index contributed by atoms with van der Waals surface area (Å²) in [5, 5.41) is 6.69. The largest absolute Gasteiger partial charge is 0.417 e. The number of nitrogens with zero attached hydrogens (tertiary/aromatic N) is 2. The molecule has 28 heavy (non-hydrogen) atoms. The molecular formula is C19H15ClF3N3O2. The van der Waals surface area contributed by atoms with Gasteiger partial charge in [0.2, 0.25) is 0 Å². The maximum absolute atomic E-state index is 13.0. The van der Waals surface area contributed by atoms with E-state index < -0.39 is 22.7 Å². The average molecular weight is 410 g/mol. The van der Waals surface area contributed by atoms with Crippen molar-refractivity contribution >= 4 is 34.0 Å². The number of carbonyl (C=O) groups excluding carboxylic acids is 1. The predicted octanol–water partition coefficient (Wildman–Crippen LogP) is 4.73. The molecule has 0 aliphatic rings. The number of carbonyl (C=O) groups is 1. The van der Waals surface area contributed by atoms with Gasteiger partial charge < -0.3 is 5.32 Å². The molecule has 0 radical (unpaired) electrons. The van der Waals surface area contributed by atoms with Crippen LogP contribution in [0.15, 0.2) is 47.3 Å². The van der Waals surface area contributed by atoms with Crippen LogP contribution in [0.5, 0.6) is 0 Å². The van der Waals surface area contributed by atoms with E-state index in [0.29, 0.717) is 23.7 Å². The van der Waals surface area contributed by atoms with Gasteiger partial charge in [0.1, 0.15) is 0 Å². The molecule has 1 heterocycles. The van der Waals surface area contributed by atoms with Gasteiger partial charge in [-0.15, -0.1) is 0 Å². The van der Waals surface area contributed by atoms with Crippen LogP contribution < -0.4 is 10.9 Å². The quantitative estimate of drug-likeness (QED) is 0.677. The van der Waals surface area contributed by atoms with Gasteiger partial charge in [0.05, 0.1) is 16.0 Å². The summed E-state index contributed by atoms with van der Waals surface area (Å²) >= 11 is 5.60. The number of fused-ring (bicyclic) bond motifs is 1. The maximum atomic E-state index is 13.0. The first-order chi connectivity index (χ1) is 13.2. The summed E-state index contributed by atoms with van der Waals surface area (Å²) in [6, 6.07) is 9.53. The van der Waals surface area contributed by atoms with Crippen LogP contribution in [0.2, 0.25) is 5.02 Å². The highest BCUT2D eigenvalue weighted by Crippen LogP contribution is 2.36. The normalized spacial score (nSPS) is 11.6. The van der Waals surface area contributed by atoms with E-state index in [4.69, 9.17) is 11.6 Å². The second-order valence-corrected chi connectivity index (χ2v) is 6.48. The molecule has 1 aromatic heterocycles. The predicted molar refractivity (Wildman–Crippen MR) is 101 cm³/mol. The van der Waals surface area contributed by atoms with Gasteiger partial charge in [-0.1, -0.05) is 36.7 Å². The zero-order chi connectivity index (χ0) is 20.5. The molecule has 0 aliphatic carbocycles. The Balaban J connectivity index is 2.05. The van der Waals surface area contributed by atoms with E-state index in [9.17, 15) is 22.8 Å². The number of anilines is 1. The van der Waals surface area contributed by atoms with Crippen molar-refractivity contribution in [2.24, 2.45) is 0 Å². The molecular weight excluding hydrogens is 395 g/mol. The number of amides is 1. The van der Waals surface area contributed by atoms with Gasteiger partial charge >= 0.3 is 6.18 Å². The highest BCUT2D eigenvalue weighted by atomic mass is 35.5.